The first-order valence-corrected chi connectivity index (χ1v) is 8.67. The van der Waals surface area contributed by atoms with Gasteiger partial charge >= 0.3 is 0 Å². The number of nitrogens with one attached hydrogen (secondary N) is 1. The van der Waals surface area contributed by atoms with Crippen LogP contribution in [0.15, 0.2) is 30.9 Å². The van der Waals surface area contributed by atoms with Crippen molar-refractivity contribution in [3.8, 4) is 0 Å². The van der Waals surface area contributed by atoms with Gasteiger partial charge in [-0.3, -0.25) is 0 Å². The molecule has 3 aromatic rings. The molecule has 1 atom stereocenters. The number of aromatic nitrogens is 4. The van der Waals surface area contributed by atoms with E-state index < -0.39 is 0 Å². The molecule has 25 heavy (non-hydrogen) atoms. The minimum absolute atomic E-state index is 0.250. The molecule has 1 unspecified atom stereocenters. The number of anilines is 3. The van der Waals surface area contributed by atoms with Gasteiger partial charge in [-0.1, -0.05) is 6.92 Å². The van der Waals surface area contributed by atoms with Crippen molar-refractivity contribution in [2.45, 2.75) is 25.8 Å². The smallest absolute Gasteiger partial charge is 0.132 e. The standard InChI is InChI=1S/C18H23N7/c1-3-12-6-18(25-5-4-13(19)10-25)21-8-14(12)23-17-7-16-15(9-20-17)22-11-24(16)2/h6-9,11,13H,3-5,10,19H2,1-2H3,(H,20,23). The highest BCUT2D eigenvalue weighted by Crippen LogP contribution is 2.26. The van der Waals surface area contributed by atoms with Crippen LogP contribution >= 0.6 is 0 Å². The zero-order valence-electron chi connectivity index (χ0n) is 14.6. The topological polar surface area (TPSA) is 84.9 Å². The molecule has 0 aromatic carbocycles. The summed E-state index contributed by atoms with van der Waals surface area (Å²) in [5, 5.41) is 3.40. The maximum absolute atomic E-state index is 6.02. The molecule has 7 nitrogen and oxygen atoms in total. The van der Waals surface area contributed by atoms with Crippen LogP contribution in [0.1, 0.15) is 18.9 Å². The van der Waals surface area contributed by atoms with Gasteiger partial charge in [-0.15, -0.1) is 0 Å². The molecule has 1 aliphatic rings. The first kappa shape index (κ1) is 15.8. The van der Waals surface area contributed by atoms with Crippen molar-refractivity contribution in [1.82, 2.24) is 19.5 Å². The summed E-state index contributed by atoms with van der Waals surface area (Å²) < 4.78 is 1.99. The second kappa shape index (κ2) is 6.33. The fourth-order valence-electron chi connectivity index (χ4n) is 3.29. The van der Waals surface area contributed by atoms with Gasteiger partial charge in [-0.2, -0.15) is 0 Å². The summed E-state index contributed by atoms with van der Waals surface area (Å²) >= 11 is 0. The normalized spacial score (nSPS) is 17.4. The Bertz CT molecular complexity index is 902. The van der Waals surface area contributed by atoms with Crippen molar-refractivity contribution in [2.24, 2.45) is 12.8 Å². The Morgan fingerprint density at radius 1 is 1.24 bits per heavy atom. The van der Waals surface area contributed by atoms with Crippen LogP contribution in [0, 0.1) is 0 Å². The number of nitrogens with zero attached hydrogens (tertiary/aromatic N) is 5. The molecule has 4 rings (SSSR count). The SMILES string of the molecule is CCc1cc(N2CCC(N)C2)ncc1Nc1cc2c(cn1)ncn2C. The Hall–Kier alpha value is -2.67. The van der Waals surface area contributed by atoms with Crippen molar-refractivity contribution >= 4 is 28.4 Å². The van der Waals surface area contributed by atoms with Gasteiger partial charge in [0.15, 0.2) is 0 Å². The molecule has 3 N–H and O–H groups in total. The van der Waals surface area contributed by atoms with Gasteiger partial charge in [0.1, 0.15) is 17.2 Å². The van der Waals surface area contributed by atoms with Crippen molar-refractivity contribution in [1.29, 1.82) is 0 Å². The summed E-state index contributed by atoms with van der Waals surface area (Å²) in [6, 6.07) is 4.41. The van der Waals surface area contributed by atoms with E-state index in [-0.39, 0.29) is 6.04 Å². The third kappa shape index (κ3) is 3.02. The van der Waals surface area contributed by atoms with E-state index in [2.05, 4.69) is 38.2 Å². The molecule has 1 saturated heterocycles. The Balaban J connectivity index is 1.61. The molecule has 0 amide bonds. The number of fused-ring (bicyclic) bond motifs is 1. The fraction of sp³-hybridized carbons (Fsp3) is 0.389. The lowest BCUT2D eigenvalue weighted by Gasteiger charge is -2.19. The van der Waals surface area contributed by atoms with Gasteiger partial charge in [0.2, 0.25) is 0 Å². The Labute approximate surface area is 146 Å². The largest absolute Gasteiger partial charge is 0.355 e. The van der Waals surface area contributed by atoms with Crippen LogP contribution in [0.5, 0.6) is 0 Å². The lowest BCUT2D eigenvalue weighted by atomic mass is 10.1. The monoisotopic (exact) mass is 337 g/mol. The van der Waals surface area contributed by atoms with Gasteiger partial charge < -0.3 is 20.5 Å². The predicted octanol–water partition coefficient (Wildman–Crippen LogP) is 2.21. The maximum Gasteiger partial charge on any atom is 0.132 e. The van der Waals surface area contributed by atoms with Crippen molar-refractivity contribution < 1.29 is 0 Å². The molecule has 0 spiro atoms. The molecule has 0 radical (unpaired) electrons. The zero-order valence-corrected chi connectivity index (χ0v) is 14.6. The average Bonchev–Trinajstić information content (AvgIpc) is 3.22. The number of hydrogen-bond acceptors (Lipinski definition) is 6. The number of pyridine rings is 2. The molecule has 4 heterocycles. The number of imidazole rings is 1. The Kier molecular flexibility index (Phi) is 4.01. The van der Waals surface area contributed by atoms with Crippen molar-refractivity contribution in [2.75, 3.05) is 23.3 Å². The second-order valence-electron chi connectivity index (χ2n) is 6.59. The van der Waals surface area contributed by atoms with Crippen LogP contribution in [0.25, 0.3) is 11.0 Å². The molecule has 130 valence electrons. The minimum Gasteiger partial charge on any atom is -0.355 e. The number of nitrogens with two attached hydrogens (primary N) is 1. The molecule has 1 fully saturated rings. The third-order valence-corrected chi connectivity index (χ3v) is 4.78. The van der Waals surface area contributed by atoms with Gasteiger partial charge in [0.05, 0.1) is 29.9 Å². The van der Waals surface area contributed by atoms with Crippen LogP contribution in [-0.4, -0.2) is 38.7 Å². The highest BCUT2D eigenvalue weighted by Gasteiger charge is 2.21. The summed E-state index contributed by atoms with van der Waals surface area (Å²) in [4.78, 5) is 15.7. The molecule has 7 heteroatoms. The predicted molar refractivity (Wildman–Crippen MR) is 100 cm³/mol. The van der Waals surface area contributed by atoms with E-state index >= 15 is 0 Å². The summed E-state index contributed by atoms with van der Waals surface area (Å²) in [5.41, 5.74) is 10.2. The third-order valence-electron chi connectivity index (χ3n) is 4.78. The highest BCUT2D eigenvalue weighted by molar-refractivity contribution is 5.78. The Morgan fingerprint density at radius 2 is 2.12 bits per heavy atom. The first-order valence-electron chi connectivity index (χ1n) is 8.67. The average molecular weight is 337 g/mol. The molecular formula is C18H23N7. The molecule has 1 aliphatic heterocycles. The van der Waals surface area contributed by atoms with E-state index in [1.165, 1.54) is 5.56 Å². The first-order chi connectivity index (χ1) is 12.1. The van der Waals surface area contributed by atoms with Crippen LogP contribution in [-0.2, 0) is 13.5 Å². The van der Waals surface area contributed by atoms with Crippen LogP contribution in [0.3, 0.4) is 0 Å². The number of rotatable bonds is 4. The highest BCUT2D eigenvalue weighted by atomic mass is 15.2. The summed E-state index contributed by atoms with van der Waals surface area (Å²) in [6.45, 7) is 4.00. The number of hydrogen-bond donors (Lipinski definition) is 2. The molecular weight excluding hydrogens is 314 g/mol. The van der Waals surface area contributed by atoms with E-state index in [0.717, 1.165) is 54.3 Å². The van der Waals surface area contributed by atoms with Crippen LogP contribution < -0.4 is 16.0 Å². The lowest BCUT2D eigenvalue weighted by molar-refractivity contribution is 0.751. The van der Waals surface area contributed by atoms with Crippen molar-refractivity contribution in [3.05, 3.63) is 36.4 Å². The molecule has 0 bridgehead atoms. The van der Waals surface area contributed by atoms with Crippen molar-refractivity contribution in [3.63, 3.8) is 0 Å². The van der Waals surface area contributed by atoms with Crippen LogP contribution in [0.4, 0.5) is 17.3 Å². The van der Waals surface area contributed by atoms with E-state index in [0.29, 0.717) is 0 Å². The van der Waals surface area contributed by atoms with Gasteiger partial charge in [0, 0.05) is 32.2 Å². The fourth-order valence-corrected chi connectivity index (χ4v) is 3.29. The maximum atomic E-state index is 6.02. The zero-order chi connectivity index (χ0) is 17.4. The molecule has 3 aromatic heterocycles. The van der Waals surface area contributed by atoms with E-state index in [4.69, 9.17) is 5.73 Å². The van der Waals surface area contributed by atoms with E-state index in [9.17, 15) is 0 Å². The quantitative estimate of drug-likeness (QED) is 0.759. The summed E-state index contributed by atoms with van der Waals surface area (Å²) in [7, 11) is 1.98. The summed E-state index contributed by atoms with van der Waals surface area (Å²) in [6.07, 6.45) is 7.43. The van der Waals surface area contributed by atoms with Gasteiger partial charge in [-0.25, -0.2) is 15.0 Å². The second-order valence-corrected chi connectivity index (χ2v) is 6.59. The number of aryl methyl sites for hydroxylation is 2. The lowest BCUT2D eigenvalue weighted by Crippen LogP contribution is -2.27. The Morgan fingerprint density at radius 3 is 2.88 bits per heavy atom. The molecule has 0 aliphatic carbocycles. The molecule has 0 saturated carbocycles. The minimum atomic E-state index is 0.250. The van der Waals surface area contributed by atoms with E-state index in [1.54, 1.807) is 12.5 Å². The van der Waals surface area contributed by atoms with Crippen LogP contribution in [0.2, 0.25) is 0 Å². The van der Waals surface area contributed by atoms with Gasteiger partial charge in [0.25, 0.3) is 0 Å². The summed E-state index contributed by atoms with van der Waals surface area (Å²) in [5.74, 6) is 1.80. The van der Waals surface area contributed by atoms with E-state index in [1.807, 2.05) is 23.9 Å². The van der Waals surface area contributed by atoms with Gasteiger partial charge in [-0.05, 0) is 24.5 Å².